The smallest absolute Gasteiger partial charge is 0.160 e. The largest absolute Gasteiger partial charge is 0.454 e. The Labute approximate surface area is 420 Å². The van der Waals surface area contributed by atoms with Crippen molar-refractivity contribution < 1.29 is 4.42 Å². The number of para-hydroxylation sites is 1. The van der Waals surface area contributed by atoms with Gasteiger partial charge in [0.1, 0.15) is 11.4 Å². The summed E-state index contributed by atoms with van der Waals surface area (Å²) in [7, 11) is 0. The molecule has 15 rings (SSSR count). The van der Waals surface area contributed by atoms with Crippen LogP contribution in [0, 0.1) is 0 Å². The number of furan rings is 1. The molecule has 0 aliphatic heterocycles. The zero-order valence-corrected chi connectivity index (χ0v) is 39.6. The summed E-state index contributed by atoms with van der Waals surface area (Å²) in [4.78, 5) is 7.62. The van der Waals surface area contributed by atoms with E-state index in [0.717, 1.165) is 94.1 Å². The zero-order valence-electron chi connectivity index (χ0n) is 39.6. The van der Waals surface area contributed by atoms with Gasteiger partial charge < -0.3 is 9.32 Å². The molecule has 73 heavy (non-hydrogen) atoms. The van der Waals surface area contributed by atoms with Crippen molar-refractivity contribution >= 4 is 104 Å². The normalized spacial score (nSPS) is 11.8. The highest BCUT2D eigenvalue weighted by atomic mass is 16.3. The molecule has 340 valence electrons. The van der Waals surface area contributed by atoms with Crippen LogP contribution in [0.1, 0.15) is 0 Å². The molecule has 0 fully saturated rings. The predicted octanol–water partition coefficient (Wildman–Crippen LogP) is 19.2. The summed E-state index contributed by atoms with van der Waals surface area (Å²) in [6, 6.07) is 92.1. The van der Waals surface area contributed by atoms with Crippen molar-refractivity contribution in [3.05, 3.63) is 261 Å². The van der Waals surface area contributed by atoms with Gasteiger partial charge in [-0.25, -0.2) is 4.98 Å². The standard InChI is InChI=1S/C69H43N3O/c1-3-17-44(18-4-1)45-31-33-48(34-32-45)71(64-30-16-15-29-57(64)52-24-10-9-22-50(52)46-19-5-2-6-20-46)49-35-38-65-62(41-49)58-36-37-59-63-42-60-55-27-13-11-25-53(55)54-26-12-14-28-56(54)61(60)43-66(63)73-68(59)67(58)72(65)69-51-23-8-7-21-47(51)39-40-70-69/h1-43H. The van der Waals surface area contributed by atoms with E-state index >= 15 is 0 Å². The van der Waals surface area contributed by atoms with Crippen molar-refractivity contribution in [1.29, 1.82) is 0 Å². The molecule has 0 N–H and O–H groups in total. The highest BCUT2D eigenvalue weighted by Crippen LogP contribution is 2.48. The lowest BCUT2D eigenvalue weighted by atomic mass is 9.93. The second kappa shape index (κ2) is 16.4. The van der Waals surface area contributed by atoms with E-state index < -0.39 is 0 Å². The first-order chi connectivity index (χ1) is 36.2. The van der Waals surface area contributed by atoms with Gasteiger partial charge in [-0.05, 0) is 126 Å². The van der Waals surface area contributed by atoms with E-state index in [1.807, 2.05) is 6.20 Å². The quantitative estimate of drug-likeness (QED) is 0.149. The highest BCUT2D eigenvalue weighted by Gasteiger charge is 2.25. The number of hydrogen-bond acceptors (Lipinski definition) is 3. The van der Waals surface area contributed by atoms with Gasteiger partial charge in [0.2, 0.25) is 0 Å². The van der Waals surface area contributed by atoms with Crippen molar-refractivity contribution in [1.82, 2.24) is 9.55 Å². The Balaban J connectivity index is 1.01. The molecule has 4 heteroatoms. The van der Waals surface area contributed by atoms with Gasteiger partial charge in [0.25, 0.3) is 0 Å². The van der Waals surface area contributed by atoms with E-state index in [1.165, 1.54) is 49.0 Å². The topological polar surface area (TPSA) is 34.2 Å². The molecule has 0 aliphatic carbocycles. The third-order valence-electron chi connectivity index (χ3n) is 15.0. The van der Waals surface area contributed by atoms with Crippen molar-refractivity contribution in [2.24, 2.45) is 0 Å². The number of hydrogen-bond donors (Lipinski definition) is 0. The van der Waals surface area contributed by atoms with Crippen molar-refractivity contribution in [2.75, 3.05) is 4.90 Å². The van der Waals surface area contributed by atoms with Crippen molar-refractivity contribution in [3.8, 4) is 39.2 Å². The average Bonchev–Trinajstić information content (AvgIpc) is 4.00. The maximum atomic E-state index is 7.26. The second-order valence-corrected chi connectivity index (χ2v) is 19.0. The van der Waals surface area contributed by atoms with Crippen LogP contribution in [0.2, 0.25) is 0 Å². The van der Waals surface area contributed by atoms with Crippen LogP contribution < -0.4 is 4.90 Å². The van der Waals surface area contributed by atoms with Crippen LogP contribution in [0.3, 0.4) is 0 Å². The Morgan fingerprint density at radius 2 is 0.904 bits per heavy atom. The first-order valence-corrected chi connectivity index (χ1v) is 24.9. The van der Waals surface area contributed by atoms with Crippen LogP contribution in [0.15, 0.2) is 265 Å². The maximum Gasteiger partial charge on any atom is 0.160 e. The van der Waals surface area contributed by atoms with E-state index in [0.29, 0.717) is 0 Å². The second-order valence-electron chi connectivity index (χ2n) is 19.0. The number of fused-ring (bicyclic) bond motifs is 14. The van der Waals surface area contributed by atoms with Crippen LogP contribution in [0.25, 0.3) is 126 Å². The van der Waals surface area contributed by atoms with Gasteiger partial charge in [0.05, 0.1) is 16.7 Å². The molecule has 3 heterocycles. The number of pyridine rings is 1. The minimum Gasteiger partial charge on any atom is -0.454 e. The first kappa shape index (κ1) is 41.1. The molecule has 15 aromatic rings. The van der Waals surface area contributed by atoms with Crippen LogP contribution >= 0.6 is 0 Å². The summed E-state index contributed by atoms with van der Waals surface area (Å²) >= 11 is 0. The molecule has 3 aromatic heterocycles. The molecule has 0 bridgehead atoms. The van der Waals surface area contributed by atoms with Crippen LogP contribution in [0.5, 0.6) is 0 Å². The molecule has 0 unspecified atom stereocenters. The summed E-state index contributed by atoms with van der Waals surface area (Å²) in [6.07, 6.45) is 1.93. The lowest BCUT2D eigenvalue weighted by Gasteiger charge is -2.29. The SMILES string of the molecule is c1ccc(-c2ccc(N(c3ccc4c(c3)c3ccc5c6cc7c8ccccc8c8ccccc8c7cc6oc5c3n4-c3nccc4ccccc34)c3ccccc3-c3ccccc3-c3ccccc3)cc2)cc1. The summed E-state index contributed by atoms with van der Waals surface area (Å²) in [5.74, 6) is 0.858. The van der Waals surface area contributed by atoms with Gasteiger partial charge >= 0.3 is 0 Å². The fourth-order valence-corrected chi connectivity index (χ4v) is 11.7. The van der Waals surface area contributed by atoms with Gasteiger partial charge in [0, 0.05) is 50.1 Å². The molecule has 12 aromatic carbocycles. The Kier molecular flexibility index (Phi) is 9.23. The predicted molar refractivity (Wildman–Crippen MR) is 307 cm³/mol. The number of aromatic nitrogens is 2. The lowest BCUT2D eigenvalue weighted by Crippen LogP contribution is -2.11. The van der Waals surface area contributed by atoms with E-state index in [9.17, 15) is 0 Å². The third kappa shape index (κ3) is 6.44. The van der Waals surface area contributed by atoms with Crippen LogP contribution in [0.4, 0.5) is 17.1 Å². The van der Waals surface area contributed by atoms with Gasteiger partial charge in [-0.15, -0.1) is 0 Å². The average molecular weight is 930 g/mol. The Bertz CT molecular complexity index is 4660. The molecule has 0 radical (unpaired) electrons. The molecule has 0 aliphatic rings. The lowest BCUT2D eigenvalue weighted by molar-refractivity contribution is 0.671. The Hall–Kier alpha value is -9.77. The molecule has 0 amide bonds. The van der Waals surface area contributed by atoms with Crippen LogP contribution in [-0.2, 0) is 0 Å². The number of rotatable bonds is 7. The zero-order chi connectivity index (χ0) is 48.0. The van der Waals surface area contributed by atoms with Crippen LogP contribution in [-0.4, -0.2) is 9.55 Å². The van der Waals surface area contributed by atoms with E-state index in [4.69, 9.17) is 9.40 Å². The molecule has 0 atom stereocenters. The number of anilines is 3. The number of nitrogens with zero attached hydrogens (tertiary/aromatic N) is 3. The Morgan fingerprint density at radius 1 is 0.342 bits per heavy atom. The molecular formula is C69H43N3O. The van der Waals surface area contributed by atoms with E-state index in [-0.39, 0.29) is 0 Å². The number of benzene rings is 12. The minimum absolute atomic E-state index is 0.833. The van der Waals surface area contributed by atoms with Gasteiger partial charge in [-0.1, -0.05) is 194 Å². The highest BCUT2D eigenvalue weighted by molar-refractivity contribution is 6.30. The van der Waals surface area contributed by atoms with Crippen molar-refractivity contribution in [3.63, 3.8) is 0 Å². The maximum absolute atomic E-state index is 7.26. The molecule has 0 saturated heterocycles. The molecule has 4 nitrogen and oxygen atoms in total. The van der Waals surface area contributed by atoms with E-state index in [1.54, 1.807) is 0 Å². The van der Waals surface area contributed by atoms with Crippen molar-refractivity contribution in [2.45, 2.75) is 0 Å². The molecule has 0 spiro atoms. The fraction of sp³-hybridized carbons (Fsp3) is 0. The summed E-state index contributed by atoms with van der Waals surface area (Å²) in [5, 5.41) is 13.9. The Morgan fingerprint density at radius 3 is 1.64 bits per heavy atom. The monoisotopic (exact) mass is 929 g/mol. The molecule has 0 saturated carbocycles. The van der Waals surface area contributed by atoms with E-state index in [2.05, 4.69) is 264 Å². The summed E-state index contributed by atoms with van der Waals surface area (Å²) in [6.45, 7) is 0. The third-order valence-corrected chi connectivity index (χ3v) is 15.0. The van der Waals surface area contributed by atoms with Gasteiger partial charge in [0.15, 0.2) is 5.58 Å². The summed E-state index contributed by atoms with van der Waals surface area (Å²) < 4.78 is 9.60. The first-order valence-electron chi connectivity index (χ1n) is 24.9. The van der Waals surface area contributed by atoms with Gasteiger partial charge in [-0.2, -0.15) is 0 Å². The van der Waals surface area contributed by atoms with Gasteiger partial charge in [-0.3, -0.25) is 4.57 Å². The fourth-order valence-electron chi connectivity index (χ4n) is 11.7. The minimum atomic E-state index is 0.833. The molecular weight excluding hydrogens is 887 g/mol. The summed E-state index contributed by atoms with van der Waals surface area (Å²) in [5.41, 5.74) is 13.9.